The first kappa shape index (κ1) is 17.2. The summed E-state index contributed by atoms with van der Waals surface area (Å²) in [6, 6.07) is 0. The van der Waals surface area contributed by atoms with Crippen LogP contribution in [0.15, 0.2) is 0 Å². The van der Waals surface area contributed by atoms with Gasteiger partial charge in [-0.1, -0.05) is 33.6 Å². The average molecular weight is 296 g/mol. The van der Waals surface area contributed by atoms with Crippen LogP contribution in [-0.2, 0) is 4.74 Å². The number of nitrogens with zero attached hydrogens (tertiary/aromatic N) is 1. The Labute approximate surface area is 131 Å². The third kappa shape index (κ3) is 5.22. The SMILES string of the molecule is COC1CCN(CC2(CNCC(C)C)CCCC(C)C2)C1. The highest BCUT2D eigenvalue weighted by atomic mass is 16.5. The van der Waals surface area contributed by atoms with E-state index in [1.807, 2.05) is 7.11 Å². The lowest BCUT2D eigenvalue weighted by Crippen LogP contribution is -2.47. The minimum Gasteiger partial charge on any atom is -0.380 e. The van der Waals surface area contributed by atoms with Gasteiger partial charge in [0.2, 0.25) is 0 Å². The zero-order valence-corrected chi connectivity index (χ0v) is 14.7. The van der Waals surface area contributed by atoms with Crippen LogP contribution in [0.25, 0.3) is 0 Å². The van der Waals surface area contributed by atoms with Gasteiger partial charge >= 0.3 is 0 Å². The minimum absolute atomic E-state index is 0.465. The first-order valence-electron chi connectivity index (χ1n) is 8.99. The van der Waals surface area contributed by atoms with E-state index in [0.29, 0.717) is 11.5 Å². The molecule has 2 fully saturated rings. The molecule has 3 atom stereocenters. The molecule has 0 bridgehead atoms. The summed E-state index contributed by atoms with van der Waals surface area (Å²) in [7, 11) is 1.86. The second kappa shape index (κ2) is 7.94. The van der Waals surface area contributed by atoms with E-state index in [1.54, 1.807) is 0 Å². The Balaban J connectivity index is 1.91. The van der Waals surface area contributed by atoms with Crippen LogP contribution in [0.5, 0.6) is 0 Å². The quantitative estimate of drug-likeness (QED) is 0.781. The van der Waals surface area contributed by atoms with Crippen LogP contribution in [0, 0.1) is 17.3 Å². The van der Waals surface area contributed by atoms with Crippen LogP contribution >= 0.6 is 0 Å². The Morgan fingerprint density at radius 1 is 1.33 bits per heavy atom. The topological polar surface area (TPSA) is 24.5 Å². The summed E-state index contributed by atoms with van der Waals surface area (Å²) in [5.41, 5.74) is 0.495. The largest absolute Gasteiger partial charge is 0.380 e. The van der Waals surface area contributed by atoms with Gasteiger partial charge in [-0.05, 0) is 43.1 Å². The van der Waals surface area contributed by atoms with Gasteiger partial charge in [-0.25, -0.2) is 0 Å². The fourth-order valence-corrected chi connectivity index (χ4v) is 4.36. The van der Waals surface area contributed by atoms with Gasteiger partial charge in [-0.3, -0.25) is 0 Å². The zero-order chi connectivity index (χ0) is 15.3. The van der Waals surface area contributed by atoms with Gasteiger partial charge in [0.1, 0.15) is 0 Å². The van der Waals surface area contributed by atoms with Crippen molar-refractivity contribution in [1.29, 1.82) is 0 Å². The molecule has 21 heavy (non-hydrogen) atoms. The number of hydrogen-bond donors (Lipinski definition) is 1. The molecule has 0 spiro atoms. The fourth-order valence-electron chi connectivity index (χ4n) is 4.36. The molecule has 1 saturated carbocycles. The van der Waals surface area contributed by atoms with Gasteiger partial charge < -0.3 is 15.0 Å². The standard InChI is InChI=1S/C18H36N2O/c1-15(2)11-19-13-18(8-5-6-16(3)10-18)14-20-9-7-17(12-20)21-4/h15-17,19H,5-14H2,1-4H3. The Hall–Kier alpha value is -0.120. The summed E-state index contributed by atoms with van der Waals surface area (Å²) < 4.78 is 5.54. The first-order valence-corrected chi connectivity index (χ1v) is 8.99. The summed E-state index contributed by atoms with van der Waals surface area (Å²) in [5.74, 6) is 1.63. The maximum atomic E-state index is 5.54. The molecule has 0 aromatic heterocycles. The molecule has 1 aliphatic carbocycles. The molecule has 0 amide bonds. The summed E-state index contributed by atoms with van der Waals surface area (Å²) in [4.78, 5) is 2.66. The molecule has 0 radical (unpaired) electrons. The molecule has 1 saturated heterocycles. The van der Waals surface area contributed by atoms with Crippen LogP contribution in [0.4, 0.5) is 0 Å². The predicted octanol–water partition coefficient (Wildman–Crippen LogP) is 3.15. The maximum absolute atomic E-state index is 5.54. The van der Waals surface area contributed by atoms with E-state index in [0.717, 1.165) is 24.9 Å². The van der Waals surface area contributed by atoms with Gasteiger partial charge in [-0.2, -0.15) is 0 Å². The van der Waals surface area contributed by atoms with Crippen molar-refractivity contribution < 1.29 is 4.74 Å². The average Bonchev–Trinajstić information content (AvgIpc) is 2.85. The molecule has 1 N–H and O–H groups in total. The minimum atomic E-state index is 0.465. The summed E-state index contributed by atoms with van der Waals surface area (Å²) in [6.07, 6.45) is 7.30. The molecular weight excluding hydrogens is 260 g/mol. The predicted molar refractivity (Wildman–Crippen MR) is 89.6 cm³/mol. The number of likely N-dealkylation sites (tertiary alicyclic amines) is 1. The van der Waals surface area contributed by atoms with Gasteiger partial charge in [0.25, 0.3) is 0 Å². The van der Waals surface area contributed by atoms with E-state index < -0.39 is 0 Å². The van der Waals surface area contributed by atoms with E-state index in [2.05, 4.69) is 31.0 Å². The number of rotatable bonds is 7. The lowest BCUT2D eigenvalue weighted by atomic mass is 9.69. The van der Waals surface area contributed by atoms with Crippen LogP contribution in [-0.4, -0.2) is 50.8 Å². The molecule has 2 rings (SSSR count). The summed E-state index contributed by atoms with van der Waals surface area (Å²) >= 11 is 0. The molecular formula is C18H36N2O. The van der Waals surface area contributed by atoms with Crippen molar-refractivity contribution in [3.63, 3.8) is 0 Å². The number of methoxy groups -OCH3 is 1. The Bertz CT molecular complexity index is 308. The van der Waals surface area contributed by atoms with Crippen molar-refractivity contribution >= 4 is 0 Å². The van der Waals surface area contributed by atoms with Crippen molar-refractivity contribution in [2.45, 2.75) is 59.0 Å². The highest BCUT2D eigenvalue weighted by Gasteiger charge is 2.37. The lowest BCUT2D eigenvalue weighted by Gasteiger charge is -2.43. The summed E-state index contributed by atoms with van der Waals surface area (Å²) in [6.45, 7) is 13.0. The van der Waals surface area contributed by atoms with E-state index in [9.17, 15) is 0 Å². The smallest absolute Gasteiger partial charge is 0.0710 e. The highest BCUT2D eigenvalue weighted by molar-refractivity contribution is 4.92. The second-order valence-corrected chi connectivity index (χ2v) is 8.11. The molecule has 3 heteroatoms. The van der Waals surface area contributed by atoms with Crippen molar-refractivity contribution in [1.82, 2.24) is 10.2 Å². The molecule has 0 aromatic carbocycles. The van der Waals surface area contributed by atoms with Crippen LogP contribution in [0.2, 0.25) is 0 Å². The molecule has 1 heterocycles. The Morgan fingerprint density at radius 2 is 2.14 bits per heavy atom. The molecule has 124 valence electrons. The van der Waals surface area contributed by atoms with Crippen molar-refractivity contribution in [3.05, 3.63) is 0 Å². The summed E-state index contributed by atoms with van der Waals surface area (Å²) in [5, 5.41) is 3.76. The van der Waals surface area contributed by atoms with Crippen molar-refractivity contribution in [3.8, 4) is 0 Å². The Kier molecular flexibility index (Phi) is 6.51. The third-order valence-electron chi connectivity index (χ3n) is 5.36. The van der Waals surface area contributed by atoms with Crippen LogP contribution in [0.3, 0.4) is 0 Å². The molecule has 2 aliphatic rings. The number of nitrogens with one attached hydrogen (secondary N) is 1. The van der Waals surface area contributed by atoms with Gasteiger partial charge in [0.05, 0.1) is 6.10 Å². The fraction of sp³-hybridized carbons (Fsp3) is 1.00. The van der Waals surface area contributed by atoms with Crippen LogP contribution < -0.4 is 5.32 Å². The molecule has 0 aromatic rings. The van der Waals surface area contributed by atoms with Crippen LogP contribution in [0.1, 0.15) is 52.9 Å². The van der Waals surface area contributed by atoms with Gasteiger partial charge in [0, 0.05) is 33.3 Å². The van der Waals surface area contributed by atoms with E-state index >= 15 is 0 Å². The van der Waals surface area contributed by atoms with Crippen molar-refractivity contribution in [2.24, 2.45) is 17.3 Å². The zero-order valence-electron chi connectivity index (χ0n) is 14.7. The maximum Gasteiger partial charge on any atom is 0.0710 e. The van der Waals surface area contributed by atoms with Gasteiger partial charge in [-0.15, -0.1) is 0 Å². The molecule has 3 unspecified atom stereocenters. The third-order valence-corrected chi connectivity index (χ3v) is 5.36. The van der Waals surface area contributed by atoms with E-state index in [-0.39, 0.29) is 0 Å². The highest BCUT2D eigenvalue weighted by Crippen LogP contribution is 2.40. The number of ether oxygens (including phenoxy) is 1. The molecule has 3 nitrogen and oxygen atoms in total. The number of hydrogen-bond acceptors (Lipinski definition) is 3. The van der Waals surface area contributed by atoms with E-state index in [1.165, 1.54) is 51.7 Å². The second-order valence-electron chi connectivity index (χ2n) is 8.11. The lowest BCUT2D eigenvalue weighted by molar-refractivity contribution is 0.0711. The molecule has 1 aliphatic heterocycles. The van der Waals surface area contributed by atoms with Gasteiger partial charge in [0.15, 0.2) is 0 Å². The first-order chi connectivity index (χ1) is 10.0. The Morgan fingerprint density at radius 3 is 2.76 bits per heavy atom. The normalized spacial score (nSPS) is 34.7. The van der Waals surface area contributed by atoms with Crippen molar-refractivity contribution in [2.75, 3.05) is 39.8 Å². The van der Waals surface area contributed by atoms with E-state index in [4.69, 9.17) is 4.74 Å². The monoisotopic (exact) mass is 296 g/mol.